The molecule has 1 fully saturated rings. The van der Waals surface area contributed by atoms with E-state index in [-0.39, 0.29) is 13.0 Å². The van der Waals surface area contributed by atoms with Gasteiger partial charge in [-0.25, -0.2) is 0 Å². The molecule has 6 heteroatoms. The normalized spacial score (nSPS) is 19.9. The molecule has 0 spiro atoms. The number of anilines is 1. The summed E-state index contributed by atoms with van der Waals surface area (Å²) in [5.74, 6) is -1.24. The van der Waals surface area contributed by atoms with E-state index in [2.05, 4.69) is 5.32 Å². The van der Waals surface area contributed by atoms with E-state index in [1.807, 2.05) is 24.0 Å². The lowest BCUT2D eigenvalue weighted by Gasteiger charge is -2.36. The summed E-state index contributed by atoms with van der Waals surface area (Å²) in [6, 6.07) is 5.40. The van der Waals surface area contributed by atoms with E-state index < -0.39 is 12.1 Å². The first kappa shape index (κ1) is 16.4. The molecule has 1 heterocycles. The molecule has 1 aromatic carbocycles. The second-order valence-corrected chi connectivity index (χ2v) is 5.82. The summed E-state index contributed by atoms with van der Waals surface area (Å²) in [5, 5.41) is 3.81. The van der Waals surface area contributed by atoms with Gasteiger partial charge in [0, 0.05) is 30.3 Å². The molecule has 118 valence electrons. The van der Waals surface area contributed by atoms with Crippen molar-refractivity contribution in [1.29, 1.82) is 0 Å². The van der Waals surface area contributed by atoms with Crippen LogP contribution in [0.5, 0.6) is 0 Å². The van der Waals surface area contributed by atoms with Crippen molar-refractivity contribution in [3.8, 4) is 0 Å². The molecule has 0 bridgehead atoms. The van der Waals surface area contributed by atoms with Crippen LogP contribution in [0.25, 0.3) is 0 Å². The van der Waals surface area contributed by atoms with Crippen LogP contribution < -0.4 is 10.2 Å². The Balaban J connectivity index is 2.20. The molecule has 1 unspecified atom stereocenters. The van der Waals surface area contributed by atoms with Gasteiger partial charge in [0.1, 0.15) is 0 Å². The summed E-state index contributed by atoms with van der Waals surface area (Å²) in [7, 11) is 0. The Bertz CT molecular complexity index is 476. The zero-order valence-electron chi connectivity index (χ0n) is 12.0. The van der Waals surface area contributed by atoms with Gasteiger partial charge in [0.2, 0.25) is 0 Å². The van der Waals surface area contributed by atoms with Gasteiger partial charge in [-0.1, -0.05) is 18.5 Å². The van der Waals surface area contributed by atoms with Crippen LogP contribution in [0, 0.1) is 5.92 Å². The zero-order chi connectivity index (χ0) is 15.5. The van der Waals surface area contributed by atoms with E-state index in [1.165, 1.54) is 0 Å². The quantitative estimate of drug-likeness (QED) is 0.893. The number of nitrogens with one attached hydrogen (secondary N) is 1. The summed E-state index contributed by atoms with van der Waals surface area (Å²) in [6.07, 6.45) is -3.34. The van der Waals surface area contributed by atoms with Crippen molar-refractivity contribution in [2.45, 2.75) is 32.5 Å². The van der Waals surface area contributed by atoms with Crippen LogP contribution in [-0.2, 0) is 6.54 Å². The lowest BCUT2D eigenvalue weighted by atomic mass is 9.96. The number of hydrogen-bond donors (Lipinski definition) is 1. The number of rotatable bonds is 4. The molecule has 1 atom stereocenters. The van der Waals surface area contributed by atoms with Crippen LogP contribution in [0.3, 0.4) is 0 Å². The second-order valence-electron chi connectivity index (χ2n) is 5.38. The van der Waals surface area contributed by atoms with Gasteiger partial charge in [0.05, 0.1) is 5.92 Å². The molecule has 0 saturated carbocycles. The van der Waals surface area contributed by atoms with E-state index in [4.69, 9.17) is 11.6 Å². The Morgan fingerprint density at radius 2 is 2.14 bits per heavy atom. The maximum Gasteiger partial charge on any atom is 0.393 e. The van der Waals surface area contributed by atoms with Gasteiger partial charge in [-0.3, -0.25) is 0 Å². The predicted octanol–water partition coefficient (Wildman–Crippen LogP) is 4.23. The van der Waals surface area contributed by atoms with E-state index in [9.17, 15) is 13.2 Å². The zero-order valence-corrected chi connectivity index (χ0v) is 12.8. The number of alkyl halides is 3. The van der Waals surface area contributed by atoms with Crippen molar-refractivity contribution >= 4 is 17.3 Å². The minimum atomic E-state index is -4.12. The van der Waals surface area contributed by atoms with Crippen molar-refractivity contribution in [3.05, 3.63) is 28.8 Å². The van der Waals surface area contributed by atoms with Crippen LogP contribution in [0.1, 0.15) is 25.3 Å². The third-order valence-corrected chi connectivity index (χ3v) is 4.07. The molecule has 2 nitrogen and oxygen atoms in total. The minimum Gasteiger partial charge on any atom is -0.371 e. The van der Waals surface area contributed by atoms with Gasteiger partial charge >= 0.3 is 6.18 Å². The van der Waals surface area contributed by atoms with Crippen LogP contribution in [0.2, 0.25) is 5.02 Å². The first-order valence-corrected chi connectivity index (χ1v) is 7.60. The Hall–Kier alpha value is -0.940. The molecule has 0 aromatic heterocycles. The smallest absolute Gasteiger partial charge is 0.371 e. The third kappa shape index (κ3) is 4.27. The Morgan fingerprint density at radius 3 is 2.81 bits per heavy atom. The summed E-state index contributed by atoms with van der Waals surface area (Å²) >= 11 is 6.01. The largest absolute Gasteiger partial charge is 0.393 e. The van der Waals surface area contributed by atoms with Crippen LogP contribution >= 0.6 is 11.6 Å². The van der Waals surface area contributed by atoms with Gasteiger partial charge in [0.25, 0.3) is 0 Å². The monoisotopic (exact) mass is 320 g/mol. The molecular weight excluding hydrogens is 301 g/mol. The number of benzene rings is 1. The molecule has 0 radical (unpaired) electrons. The molecule has 1 aliphatic rings. The van der Waals surface area contributed by atoms with Crippen molar-refractivity contribution in [2.75, 3.05) is 24.5 Å². The molecule has 0 aliphatic carbocycles. The van der Waals surface area contributed by atoms with Gasteiger partial charge in [0.15, 0.2) is 0 Å². The third-order valence-electron chi connectivity index (χ3n) is 3.83. The lowest BCUT2D eigenvalue weighted by Crippen LogP contribution is -2.42. The van der Waals surface area contributed by atoms with Gasteiger partial charge in [-0.2, -0.15) is 13.2 Å². The van der Waals surface area contributed by atoms with Crippen molar-refractivity contribution in [1.82, 2.24) is 5.32 Å². The highest BCUT2D eigenvalue weighted by atomic mass is 35.5. The summed E-state index contributed by atoms with van der Waals surface area (Å²) < 4.78 is 38.8. The molecule has 1 N–H and O–H groups in total. The SMILES string of the molecule is CCNCc1cc(Cl)ccc1N1CCCC(C(F)(F)F)C1. The number of halogens is 4. The Kier molecular flexibility index (Phi) is 5.38. The van der Waals surface area contributed by atoms with Crippen molar-refractivity contribution < 1.29 is 13.2 Å². The van der Waals surface area contributed by atoms with E-state index in [0.717, 1.165) is 17.8 Å². The van der Waals surface area contributed by atoms with E-state index in [1.54, 1.807) is 6.07 Å². The number of nitrogens with zero attached hydrogens (tertiary/aromatic N) is 1. The summed E-state index contributed by atoms with van der Waals surface area (Å²) in [5.41, 5.74) is 1.81. The number of hydrogen-bond acceptors (Lipinski definition) is 2. The summed E-state index contributed by atoms with van der Waals surface area (Å²) in [6.45, 7) is 4.10. The van der Waals surface area contributed by atoms with Crippen molar-refractivity contribution in [3.63, 3.8) is 0 Å². The standard InChI is InChI=1S/C15H20ClF3N2/c1-2-20-9-11-8-13(16)5-6-14(11)21-7-3-4-12(10-21)15(17,18)19/h5-6,8,12,20H,2-4,7,9-10H2,1H3. The maximum absolute atomic E-state index is 12.9. The van der Waals surface area contributed by atoms with Crippen LogP contribution in [0.4, 0.5) is 18.9 Å². The average Bonchev–Trinajstić information content (AvgIpc) is 2.44. The molecule has 1 aliphatic heterocycles. The fourth-order valence-electron chi connectivity index (χ4n) is 2.73. The van der Waals surface area contributed by atoms with Gasteiger partial charge in [-0.15, -0.1) is 0 Å². The first-order valence-electron chi connectivity index (χ1n) is 7.22. The second kappa shape index (κ2) is 6.88. The topological polar surface area (TPSA) is 15.3 Å². The van der Waals surface area contributed by atoms with Gasteiger partial charge < -0.3 is 10.2 Å². The Morgan fingerprint density at radius 1 is 1.38 bits per heavy atom. The Labute approximate surface area is 128 Å². The molecule has 0 amide bonds. The van der Waals surface area contributed by atoms with Crippen molar-refractivity contribution in [2.24, 2.45) is 5.92 Å². The van der Waals surface area contributed by atoms with Crippen LogP contribution in [-0.4, -0.2) is 25.8 Å². The highest BCUT2D eigenvalue weighted by Crippen LogP contribution is 2.36. The molecule has 21 heavy (non-hydrogen) atoms. The molecule has 1 saturated heterocycles. The fourth-order valence-corrected chi connectivity index (χ4v) is 2.92. The average molecular weight is 321 g/mol. The molecule has 1 aromatic rings. The van der Waals surface area contributed by atoms with Crippen LogP contribution in [0.15, 0.2) is 18.2 Å². The van der Waals surface area contributed by atoms with E-state index >= 15 is 0 Å². The molecule has 2 rings (SSSR count). The summed E-state index contributed by atoms with van der Waals surface area (Å²) in [4.78, 5) is 1.84. The number of piperidine rings is 1. The minimum absolute atomic E-state index is 0.0320. The van der Waals surface area contributed by atoms with E-state index in [0.29, 0.717) is 24.5 Å². The fraction of sp³-hybridized carbons (Fsp3) is 0.600. The predicted molar refractivity (Wildman–Crippen MR) is 79.8 cm³/mol. The lowest BCUT2D eigenvalue weighted by molar-refractivity contribution is -0.176. The highest BCUT2D eigenvalue weighted by Gasteiger charge is 2.42. The first-order chi connectivity index (χ1) is 9.91. The van der Waals surface area contributed by atoms with Gasteiger partial charge in [-0.05, 0) is 43.1 Å². The maximum atomic E-state index is 12.9. The molecular formula is C15H20ClF3N2. The highest BCUT2D eigenvalue weighted by molar-refractivity contribution is 6.30.